The maximum Gasteiger partial charge on any atom is 0.231 e. The Kier molecular flexibility index (Phi) is 6.28. The zero-order valence-corrected chi connectivity index (χ0v) is 19.4. The zero-order valence-electron chi connectivity index (χ0n) is 18.7. The van der Waals surface area contributed by atoms with Crippen molar-refractivity contribution < 1.29 is 18.9 Å². The normalized spacial score (nSPS) is 15.8. The summed E-state index contributed by atoms with van der Waals surface area (Å²) in [5.74, 6) is 3.58. The molecule has 0 radical (unpaired) electrons. The van der Waals surface area contributed by atoms with E-state index in [-0.39, 0.29) is 12.9 Å². The standard InChI is InChI=1S/C24H27ClN4O4/c1-14(2)11-30-16-9-18-21(20(10-16)33-15-5-7-26-8-6-15)24(28-12-27-18)29-22-17(25)3-4-19-23(22)32-13-31-19/h3-4,9-10,12,14-15,26H,5-8,11,13H2,1-2H3,(H,27,28,29). The summed E-state index contributed by atoms with van der Waals surface area (Å²) in [7, 11) is 0. The van der Waals surface area contributed by atoms with E-state index in [9.17, 15) is 0 Å². The average Bonchev–Trinajstić information content (AvgIpc) is 3.29. The van der Waals surface area contributed by atoms with Crippen molar-refractivity contribution in [3.8, 4) is 23.0 Å². The van der Waals surface area contributed by atoms with E-state index in [1.165, 1.54) is 6.33 Å². The van der Waals surface area contributed by atoms with Crippen molar-refractivity contribution in [1.29, 1.82) is 0 Å². The molecule has 1 saturated heterocycles. The van der Waals surface area contributed by atoms with Crippen molar-refractivity contribution in [2.45, 2.75) is 32.8 Å². The van der Waals surface area contributed by atoms with E-state index < -0.39 is 0 Å². The first-order chi connectivity index (χ1) is 16.1. The lowest BCUT2D eigenvalue weighted by atomic mass is 10.1. The van der Waals surface area contributed by atoms with Crippen LogP contribution in [0.15, 0.2) is 30.6 Å². The van der Waals surface area contributed by atoms with E-state index in [0.717, 1.165) is 42.6 Å². The van der Waals surface area contributed by atoms with E-state index >= 15 is 0 Å². The third-order valence-electron chi connectivity index (χ3n) is 5.57. The molecular weight excluding hydrogens is 444 g/mol. The van der Waals surface area contributed by atoms with E-state index in [2.05, 4.69) is 34.4 Å². The number of rotatable bonds is 7. The van der Waals surface area contributed by atoms with Gasteiger partial charge in [-0.1, -0.05) is 25.4 Å². The van der Waals surface area contributed by atoms with Crippen LogP contribution in [0.25, 0.3) is 10.9 Å². The molecule has 2 N–H and O–H groups in total. The van der Waals surface area contributed by atoms with Gasteiger partial charge in [-0.2, -0.15) is 0 Å². The fourth-order valence-electron chi connectivity index (χ4n) is 3.94. The molecule has 2 aliphatic rings. The Morgan fingerprint density at radius 1 is 1.18 bits per heavy atom. The van der Waals surface area contributed by atoms with Crippen LogP contribution in [-0.4, -0.2) is 42.6 Å². The molecule has 3 aromatic rings. The van der Waals surface area contributed by atoms with Gasteiger partial charge in [0.2, 0.25) is 6.79 Å². The van der Waals surface area contributed by atoms with Crippen LogP contribution in [0.3, 0.4) is 0 Å². The van der Waals surface area contributed by atoms with Crippen LogP contribution in [-0.2, 0) is 0 Å². The van der Waals surface area contributed by atoms with Crippen molar-refractivity contribution in [1.82, 2.24) is 15.3 Å². The third kappa shape index (κ3) is 4.72. The molecule has 0 saturated carbocycles. The number of hydrogen-bond acceptors (Lipinski definition) is 8. The second-order valence-electron chi connectivity index (χ2n) is 8.59. The zero-order chi connectivity index (χ0) is 22.8. The highest BCUT2D eigenvalue weighted by molar-refractivity contribution is 6.34. The molecule has 1 aromatic heterocycles. The van der Waals surface area contributed by atoms with Gasteiger partial charge in [0.1, 0.15) is 35.4 Å². The maximum atomic E-state index is 6.50. The molecule has 0 bridgehead atoms. The van der Waals surface area contributed by atoms with Gasteiger partial charge < -0.3 is 29.6 Å². The quantitative estimate of drug-likeness (QED) is 0.503. The van der Waals surface area contributed by atoms with Gasteiger partial charge in [0, 0.05) is 12.1 Å². The molecule has 5 rings (SSSR count). The minimum atomic E-state index is 0.101. The van der Waals surface area contributed by atoms with Gasteiger partial charge in [0.05, 0.1) is 22.5 Å². The summed E-state index contributed by atoms with van der Waals surface area (Å²) in [4.78, 5) is 9.02. The third-order valence-corrected chi connectivity index (χ3v) is 5.89. The van der Waals surface area contributed by atoms with Gasteiger partial charge in [0.25, 0.3) is 0 Å². The van der Waals surface area contributed by atoms with Crippen molar-refractivity contribution in [3.05, 3.63) is 35.6 Å². The second-order valence-corrected chi connectivity index (χ2v) is 9.00. The number of aromatic nitrogens is 2. The first-order valence-corrected chi connectivity index (χ1v) is 11.6. The number of halogens is 1. The summed E-state index contributed by atoms with van der Waals surface area (Å²) >= 11 is 6.50. The second kappa shape index (κ2) is 9.49. The summed E-state index contributed by atoms with van der Waals surface area (Å²) in [5.41, 5.74) is 1.32. The first kappa shape index (κ1) is 21.9. The highest BCUT2D eigenvalue weighted by Crippen LogP contribution is 2.46. The highest BCUT2D eigenvalue weighted by Gasteiger charge is 2.24. The highest BCUT2D eigenvalue weighted by atomic mass is 35.5. The Labute approximate surface area is 197 Å². The molecule has 33 heavy (non-hydrogen) atoms. The van der Waals surface area contributed by atoms with Crippen LogP contribution in [0.1, 0.15) is 26.7 Å². The molecule has 3 heterocycles. The minimum absolute atomic E-state index is 0.101. The molecule has 2 aliphatic heterocycles. The van der Waals surface area contributed by atoms with E-state index in [1.807, 2.05) is 12.1 Å². The Bertz CT molecular complexity index is 1150. The SMILES string of the molecule is CC(C)COc1cc(OC2CCNCC2)c2c(Nc3c(Cl)ccc4c3OCO4)ncnc2c1. The number of fused-ring (bicyclic) bond motifs is 2. The number of nitrogens with one attached hydrogen (secondary N) is 2. The number of hydrogen-bond donors (Lipinski definition) is 2. The molecule has 8 nitrogen and oxygen atoms in total. The van der Waals surface area contributed by atoms with Gasteiger partial charge in [0.15, 0.2) is 11.5 Å². The molecule has 0 unspecified atom stereocenters. The Hall–Kier alpha value is -2.97. The summed E-state index contributed by atoms with van der Waals surface area (Å²) in [6.07, 6.45) is 3.47. The van der Waals surface area contributed by atoms with Crippen molar-refractivity contribution in [2.24, 2.45) is 5.92 Å². The number of ether oxygens (including phenoxy) is 4. The molecule has 1 fully saturated rings. The van der Waals surface area contributed by atoms with Crippen LogP contribution in [0, 0.1) is 5.92 Å². The van der Waals surface area contributed by atoms with E-state index in [4.69, 9.17) is 30.5 Å². The monoisotopic (exact) mass is 470 g/mol. The summed E-state index contributed by atoms with van der Waals surface area (Å²) < 4.78 is 23.7. The fraction of sp³-hybridized carbons (Fsp3) is 0.417. The van der Waals surface area contributed by atoms with Crippen LogP contribution >= 0.6 is 11.6 Å². The first-order valence-electron chi connectivity index (χ1n) is 11.2. The number of piperidine rings is 1. The van der Waals surface area contributed by atoms with Crippen molar-refractivity contribution in [2.75, 3.05) is 31.8 Å². The molecule has 0 spiro atoms. The predicted octanol–water partition coefficient (Wildman–Crippen LogP) is 4.92. The van der Waals surface area contributed by atoms with Gasteiger partial charge in [-0.05, 0) is 44.0 Å². The molecule has 9 heteroatoms. The number of anilines is 2. The molecule has 0 atom stereocenters. The van der Waals surface area contributed by atoms with E-state index in [0.29, 0.717) is 46.3 Å². The average molecular weight is 471 g/mol. The lowest BCUT2D eigenvalue weighted by Crippen LogP contribution is -2.34. The van der Waals surface area contributed by atoms with Crippen molar-refractivity contribution in [3.63, 3.8) is 0 Å². The van der Waals surface area contributed by atoms with Crippen molar-refractivity contribution >= 4 is 34.0 Å². The molecule has 2 aromatic carbocycles. The summed E-state index contributed by atoms with van der Waals surface area (Å²) in [5, 5.41) is 7.98. The molecule has 0 aliphatic carbocycles. The van der Waals surface area contributed by atoms with E-state index in [1.54, 1.807) is 12.1 Å². The molecule has 0 amide bonds. The van der Waals surface area contributed by atoms with Crippen LogP contribution < -0.4 is 29.6 Å². The maximum absolute atomic E-state index is 6.50. The lowest BCUT2D eigenvalue weighted by Gasteiger charge is -2.25. The van der Waals surface area contributed by atoms with Gasteiger partial charge >= 0.3 is 0 Å². The molecule has 174 valence electrons. The van der Waals surface area contributed by atoms with Crippen LogP contribution in [0.5, 0.6) is 23.0 Å². The van der Waals surface area contributed by atoms with Gasteiger partial charge in [-0.25, -0.2) is 9.97 Å². The fourth-order valence-corrected chi connectivity index (χ4v) is 4.14. The largest absolute Gasteiger partial charge is 0.493 e. The predicted molar refractivity (Wildman–Crippen MR) is 127 cm³/mol. The minimum Gasteiger partial charge on any atom is -0.493 e. The summed E-state index contributed by atoms with van der Waals surface area (Å²) in [6, 6.07) is 7.40. The molecular formula is C24H27ClN4O4. The smallest absolute Gasteiger partial charge is 0.231 e. The summed E-state index contributed by atoms with van der Waals surface area (Å²) in [6.45, 7) is 6.85. The Balaban J connectivity index is 1.57. The lowest BCUT2D eigenvalue weighted by molar-refractivity contribution is 0.163. The van der Waals surface area contributed by atoms with Crippen LogP contribution in [0.2, 0.25) is 5.02 Å². The number of nitrogens with zero attached hydrogens (tertiary/aromatic N) is 2. The topological polar surface area (TPSA) is 86.8 Å². The van der Waals surface area contributed by atoms with Gasteiger partial charge in [-0.15, -0.1) is 0 Å². The Morgan fingerprint density at radius 2 is 2.03 bits per heavy atom. The van der Waals surface area contributed by atoms with Gasteiger partial charge in [-0.3, -0.25) is 0 Å². The number of benzene rings is 2. The van der Waals surface area contributed by atoms with Crippen LogP contribution in [0.4, 0.5) is 11.5 Å². The Morgan fingerprint density at radius 3 is 2.85 bits per heavy atom.